The number of hydrogen-bond donors (Lipinski definition) is 1. The van der Waals surface area contributed by atoms with Gasteiger partial charge in [0.05, 0.1) is 25.1 Å². The minimum atomic E-state index is 0.188. The molecule has 0 spiro atoms. The van der Waals surface area contributed by atoms with Crippen molar-refractivity contribution < 1.29 is 9.47 Å². The molecule has 0 aromatic carbocycles. The number of nitrogens with one attached hydrogen (secondary N) is 1. The molecule has 2 unspecified atom stereocenters. The van der Waals surface area contributed by atoms with Crippen LogP contribution in [0.4, 0.5) is 0 Å². The Hall–Kier alpha value is -1.13. The van der Waals surface area contributed by atoms with Gasteiger partial charge in [0.1, 0.15) is 11.9 Å². The lowest BCUT2D eigenvalue weighted by molar-refractivity contribution is 0.141. The van der Waals surface area contributed by atoms with Crippen LogP contribution in [-0.2, 0) is 4.74 Å². The molecule has 1 aliphatic heterocycles. The molecule has 4 heteroatoms. The van der Waals surface area contributed by atoms with Crippen molar-refractivity contribution in [2.45, 2.75) is 38.8 Å². The largest absolute Gasteiger partial charge is 0.486 e. The van der Waals surface area contributed by atoms with Crippen LogP contribution < -0.4 is 10.1 Å². The van der Waals surface area contributed by atoms with Gasteiger partial charge in [-0.2, -0.15) is 0 Å². The summed E-state index contributed by atoms with van der Waals surface area (Å²) in [5.41, 5.74) is 1.05. The van der Waals surface area contributed by atoms with E-state index in [4.69, 9.17) is 9.47 Å². The SMILES string of the molecule is CCCNC(C)c1ccc(OC2CCOC2)cn1. The molecule has 1 N–H and O–H groups in total. The standard InChI is InChI=1S/C14H22N2O2/c1-3-7-15-11(2)14-5-4-12(9-16-14)18-13-6-8-17-10-13/h4-5,9,11,13,15H,3,6-8,10H2,1-2H3. The Morgan fingerprint density at radius 1 is 1.56 bits per heavy atom. The van der Waals surface area contributed by atoms with Crippen molar-refractivity contribution in [1.29, 1.82) is 0 Å². The summed E-state index contributed by atoms with van der Waals surface area (Å²) in [6.07, 6.45) is 4.09. The normalized spacial score (nSPS) is 20.9. The Kier molecular flexibility index (Phi) is 4.96. The van der Waals surface area contributed by atoms with Crippen LogP contribution >= 0.6 is 0 Å². The summed E-state index contributed by atoms with van der Waals surface area (Å²) in [6.45, 7) is 6.79. The van der Waals surface area contributed by atoms with E-state index in [-0.39, 0.29) is 12.1 Å². The van der Waals surface area contributed by atoms with Crippen LogP contribution in [0, 0.1) is 0 Å². The first kappa shape index (κ1) is 13.3. The van der Waals surface area contributed by atoms with Crippen LogP contribution in [0.3, 0.4) is 0 Å². The molecule has 0 radical (unpaired) electrons. The van der Waals surface area contributed by atoms with E-state index in [1.165, 1.54) is 0 Å². The zero-order valence-corrected chi connectivity index (χ0v) is 11.2. The zero-order valence-electron chi connectivity index (χ0n) is 11.2. The molecule has 1 saturated heterocycles. The average Bonchev–Trinajstić information content (AvgIpc) is 2.89. The van der Waals surface area contributed by atoms with E-state index >= 15 is 0 Å². The van der Waals surface area contributed by atoms with E-state index in [2.05, 4.69) is 24.1 Å². The molecule has 1 aromatic rings. The number of aromatic nitrogens is 1. The number of ether oxygens (including phenoxy) is 2. The first-order valence-corrected chi connectivity index (χ1v) is 6.73. The van der Waals surface area contributed by atoms with Crippen molar-refractivity contribution in [2.75, 3.05) is 19.8 Å². The van der Waals surface area contributed by atoms with Gasteiger partial charge in [-0.3, -0.25) is 4.98 Å². The lowest BCUT2D eigenvalue weighted by Gasteiger charge is -2.14. The van der Waals surface area contributed by atoms with E-state index in [9.17, 15) is 0 Å². The van der Waals surface area contributed by atoms with Crippen LogP contribution in [0.5, 0.6) is 5.75 Å². The summed E-state index contributed by atoms with van der Waals surface area (Å²) >= 11 is 0. The Morgan fingerprint density at radius 3 is 3.06 bits per heavy atom. The maximum atomic E-state index is 5.78. The quantitative estimate of drug-likeness (QED) is 0.841. The molecular formula is C14H22N2O2. The highest BCUT2D eigenvalue weighted by Crippen LogP contribution is 2.18. The van der Waals surface area contributed by atoms with Crippen molar-refractivity contribution in [3.63, 3.8) is 0 Å². The highest BCUT2D eigenvalue weighted by molar-refractivity contribution is 5.21. The van der Waals surface area contributed by atoms with Gasteiger partial charge in [-0.25, -0.2) is 0 Å². The maximum absolute atomic E-state index is 5.78. The molecule has 0 amide bonds. The molecule has 1 fully saturated rings. The van der Waals surface area contributed by atoms with Gasteiger partial charge in [0, 0.05) is 12.5 Å². The first-order chi connectivity index (χ1) is 8.79. The van der Waals surface area contributed by atoms with Crippen molar-refractivity contribution in [3.8, 4) is 5.75 Å². The fourth-order valence-electron chi connectivity index (χ4n) is 1.98. The Labute approximate surface area is 109 Å². The lowest BCUT2D eigenvalue weighted by Crippen LogP contribution is -2.20. The Balaban J connectivity index is 1.88. The smallest absolute Gasteiger partial charge is 0.138 e. The summed E-state index contributed by atoms with van der Waals surface area (Å²) in [4.78, 5) is 4.45. The van der Waals surface area contributed by atoms with Crippen LogP contribution in [0.2, 0.25) is 0 Å². The molecule has 4 nitrogen and oxygen atoms in total. The second kappa shape index (κ2) is 6.71. The molecule has 2 atom stereocenters. The topological polar surface area (TPSA) is 43.4 Å². The maximum Gasteiger partial charge on any atom is 0.138 e. The third kappa shape index (κ3) is 3.68. The third-order valence-corrected chi connectivity index (χ3v) is 3.09. The second-order valence-electron chi connectivity index (χ2n) is 4.70. The summed E-state index contributed by atoms with van der Waals surface area (Å²) in [7, 11) is 0. The van der Waals surface area contributed by atoms with Crippen molar-refractivity contribution in [1.82, 2.24) is 10.3 Å². The highest BCUT2D eigenvalue weighted by atomic mass is 16.5. The summed E-state index contributed by atoms with van der Waals surface area (Å²) in [5.74, 6) is 0.831. The zero-order chi connectivity index (χ0) is 12.8. The summed E-state index contributed by atoms with van der Waals surface area (Å²) in [6, 6.07) is 4.30. The Bertz CT molecular complexity index is 347. The first-order valence-electron chi connectivity index (χ1n) is 6.73. The van der Waals surface area contributed by atoms with Crippen LogP contribution in [0.15, 0.2) is 18.3 Å². The van der Waals surface area contributed by atoms with Gasteiger partial charge in [-0.1, -0.05) is 6.92 Å². The van der Waals surface area contributed by atoms with E-state index in [1.54, 1.807) is 6.20 Å². The van der Waals surface area contributed by atoms with Crippen molar-refractivity contribution in [3.05, 3.63) is 24.0 Å². The number of hydrogen-bond acceptors (Lipinski definition) is 4. The molecule has 1 aliphatic rings. The summed E-state index contributed by atoms with van der Waals surface area (Å²) < 4.78 is 11.1. The summed E-state index contributed by atoms with van der Waals surface area (Å²) in [5, 5.41) is 3.42. The number of pyridine rings is 1. The van der Waals surface area contributed by atoms with Gasteiger partial charge in [0.15, 0.2) is 0 Å². The molecule has 100 valence electrons. The molecular weight excluding hydrogens is 228 g/mol. The fraction of sp³-hybridized carbons (Fsp3) is 0.643. The molecule has 2 rings (SSSR count). The van der Waals surface area contributed by atoms with Crippen LogP contribution in [0.25, 0.3) is 0 Å². The predicted molar refractivity (Wildman–Crippen MR) is 70.8 cm³/mol. The van der Waals surface area contributed by atoms with E-state index in [0.717, 1.165) is 37.4 Å². The molecule has 1 aromatic heterocycles. The fourth-order valence-corrected chi connectivity index (χ4v) is 1.98. The van der Waals surface area contributed by atoms with Gasteiger partial charge in [-0.05, 0) is 32.0 Å². The second-order valence-corrected chi connectivity index (χ2v) is 4.70. The third-order valence-electron chi connectivity index (χ3n) is 3.09. The van der Waals surface area contributed by atoms with Crippen molar-refractivity contribution >= 4 is 0 Å². The average molecular weight is 250 g/mol. The van der Waals surface area contributed by atoms with Crippen molar-refractivity contribution in [2.24, 2.45) is 0 Å². The van der Waals surface area contributed by atoms with Gasteiger partial charge >= 0.3 is 0 Å². The molecule has 0 aliphatic carbocycles. The highest BCUT2D eigenvalue weighted by Gasteiger charge is 2.17. The van der Waals surface area contributed by atoms with Crippen LogP contribution in [-0.4, -0.2) is 30.8 Å². The Morgan fingerprint density at radius 2 is 2.44 bits per heavy atom. The minimum absolute atomic E-state index is 0.188. The van der Waals surface area contributed by atoms with E-state index < -0.39 is 0 Å². The van der Waals surface area contributed by atoms with Gasteiger partial charge < -0.3 is 14.8 Å². The monoisotopic (exact) mass is 250 g/mol. The number of nitrogens with zero attached hydrogens (tertiary/aromatic N) is 1. The predicted octanol–water partition coefficient (Wildman–Crippen LogP) is 2.31. The minimum Gasteiger partial charge on any atom is -0.486 e. The van der Waals surface area contributed by atoms with Gasteiger partial charge in [0.25, 0.3) is 0 Å². The van der Waals surface area contributed by atoms with Gasteiger partial charge in [0.2, 0.25) is 0 Å². The van der Waals surface area contributed by atoms with E-state index in [0.29, 0.717) is 6.61 Å². The van der Waals surface area contributed by atoms with Gasteiger partial charge in [-0.15, -0.1) is 0 Å². The molecule has 0 saturated carbocycles. The molecule has 0 bridgehead atoms. The molecule has 18 heavy (non-hydrogen) atoms. The van der Waals surface area contributed by atoms with Crippen LogP contribution in [0.1, 0.15) is 38.4 Å². The molecule has 2 heterocycles. The van der Waals surface area contributed by atoms with E-state index in [1.807, 2.05) is 12.1 Å². The number of rotatable bonds is 6. The lowest BCUT2D eigenvalue weighted by atomic mass is 10.2.